The lowest BCUT2D eigenvalue weighted by molar-refractivity contribution is -0.143. The van der Waals surface area contributed by atoms with Crippen LogP contribution in [0.2, 0.25) is 0 Å². The summed E-state index contributed by atoms with van der Waals surface area (Å²) in [5.74, 6) is -0.451. The van der Waals surface area contributed by atoms with E-state index in [1.807, 2.05) is 0 Å². The van der Waals surface area contributed by atoms with Gasteiger partial charge in [0.25, 0.3) is 5.91 Å². The second-order valence-corrected chi connectivity index (χ2v) is 4.76. The van der Waals surface area contributed by atoms with Crippen molar-refractivity contribution in [1.82, 2.24) is 5.32 Å². The lowest BCUT2D eigenvalue weighted by atomic mass is 10.2. The van der Waals surface area contributed by atoms with Crippen LogP contribution in [-0.4, -0.2) is 25.0 Å². The number of nitrogens with one attached hydrogen (secondary N) is 1. The molecule has 0 atom stereocenters. The Balaban J connectivity index is 2.35. The molecule has 104 valence electrons. The molecule has 0 saturated carbocycles. The van der Waals surface area contributed by atoms with E-state index < -0.39 is 0 Å². The fraction of sp³-hybridized carbons (Fsp3) is 0.385. The summed E-state index contributed by atoms with van der Waals surface area (Å²) in [5.41, 5.74) is 6.71. The maximum Gasteiger partial charge on any atom is 0.305 e. The van der Waals surface area contributed by atoms with E-state index in [1.165, 1.54) is 0 Å². The van der Waals surface area contributed by atoms with Crippen LogP contribution in [0.1, 0.15) is 30.1 Å². The zero-order valence-corrected chi connectivity index (χ0v) is 12.3. The maximum absolute atomic E-state index is 11.8. The molecule has 0 heterocycles. The third-order valence-corrected chi connectivity index (χ3v) is 3.13. The molecule has 0 fully saturated rings. The van der Waals surface area contributed by atoms with Crippen molar-refractivity contribution in [3.05, 3.63) is 28.2 Å². The van der Waals surface area contributed by atoms with Crippen LogP contribution in [0.15, 0.2) is 22.7 Å². The van der Waals surface area contributed by atoms with Crippen LogP contribution in [0, 0.1) is 0 Å². The average Bonchev–Trinajstić information content (AvgIpc) is 2.38. The Morgan fingerprint density at radius 1 is 1.42 bits per heavy atom. The zero-order chi connectivity index (χ0) is 14.3. The summed E-state index contributed by atoms with van der Waals surface area (Å²) in [7, 11) is 0. The van der Waals surface area contributed by atoms with Crippen molar-refractivity contribution in [3.8, 4) is 0 Å². The summed E-state index contributed by atoms with van der Waals surface area (Å²) in [6, 6.07) is 5.01. The molecular weight excluding hydrogens is 312 g/mol. The van der Waals surface area contributed by atoms with Gasteiger partial charge in [-0.1, -0.05) is 0 Å². The second-order valence-electron chi connectivity index (χ2n) is 3.90. The number of nitrogens with two attached hydrogens (primary N) is 1. The van der Waals surface area contributed by atoms with Gasteiger partial charge in [0, 0.05) is 28.7 Å². The minimum absolute atomic E-state index is 0.206. The van der Waals surface area contributed by atoms with Gasteiger partial charge in [-0.2, -0.15) is 0 Å². The molecule has 0 radical (unpaired) electrons. The molecule has 5 nitrogen and oxygen atoms in total. The predicted octanol–water partition coefficient (Wildman–Crippen LogP) is 2.10. The summed E-state index contributed by atoms with van der Waals surface area (Å²) >= 11 is 3.26. The predicted molar refractivity (Wildman–Crippen MR) is 76.8 cm³/mol. The van der Waals surface area contributed by atoms with Gasteiger partial charge in [0.2, 0.25) is 0 Å². The smallest absolute Gasteiger partial charge is 0.305 e. The average molecular weight is 329 g/mol. The van der Waals surface area contributed by atoms with Crippen LogP contribution in [0.4, 0.5) is 5.69 Å². The molecule has 0 unspecified atom stereocenters. The monoisotopic (exact) mass is 328 g/mol. The number of nitrogen functional groups attached to an aromatic ring is 1. The van der Waals surface area contributed by atoms with Crippen molar-refractivity contribution in [3.63, 3.8) is 0 Å². The number of benzene rings is 1. The van der Waals surface area contributed by atoms with Gasteiger partial charge >= 0.3 is 5.97 Å². The fourth-order valence-corrected chi connectivity index (χ4v) is 1.70. The summed E-state index contributed by atoms with van der Waals surface area (Å²) < 4.78 is 5.54. The van der Waals surface area contributed by atoms with Crippen LogP contribution < -0.4 is 11.1 Å². The van der Waals surface area contributed by atoms with E-state index >= 15 is 0 Å². The van der Waals surface area contributed by atoms with Gasteiger partial charge in [-0.25, -0.2) is 0 Å². The normalized spacial score (nSPS) is 10.0. The number of anilines is 1. The Morgan fingerprint density at radius 3 is 2.79 bits per heavy atom. The summed E-state index contributed by atoms with van der Waals surface area (Å²) in [6.07, 6.45) is 0.854. The molecule has 0 aliphatic carbocycles. The Labute approximate surface area is 120 Å². The summed E-state index contributed by atoms with van der Waals surface area (Å²) in [4.78, 5) is 22.9. The molecule has 1 amide bonds. The number of hydrogen-bond acceptors (Lipinski definition) is 4. The molecule has 3 N–H and O–H groups in total. The largest absolute Gasteiger partial charge is 0.466 e. The van der Waals surface area contributed by atoms with Crippen molar-refractivity contribution in [1.29, 1.82) is 0 Å². The van der Waals surface area contributed by atoms with E-state index in [4.69, 9.17) is 10.5 Å². The Hall–Kier alpha value is -1.56. The molecule has 1 aromatic carbocycles. The highest BCUT2D eigenvalue weighted by Crippen LogP contribution is 2.20. The maximum atomic E-state index is 11.8. The van der Waals surface area contributed by atoms with Gasteiger partial charge in [-0.3, -0.25) is 9.59 Å². The van der Waals surface area contributed by atoms with Crippen LogP contribution in [0.5, 0.6) is 0 Å². The number of esters is 1. The van der Waals surface area contributed by atoms with E-state index in [-0.39, 0.29) is 11.9 Å². The molecule has 1 aromatic rings. The highest BCUT2D eigenvalue weighted by atomic mass is 79.9. The summed E-state index contributed by atoms with van der Waals surface area (Å²) in [6.45, 7) is 2.56. The summed E-state index contributed by atoms with van der Waals surface area (Å²) in [5, 5.41) is 2.73. The van der Waals surface area contributed by atoms with Crippen molar-refractivity contribution >= 4 is 33.5 Å². The van der Waals surface area contributed by atoms with Crippen LogP contribution in [0.3, 0.4) is 0 Å². The first-order chi connectivity index (χ1) is 9.04. The number of carbonyl (C=O) groups excluding carboxylic acids is 2. The first-order valence-corrected chi connectivity index (χ1v) is 6.82. The van der Waals surface area contributed by atoms with Gasteiger partial charge in [0.05, 0.1) is 6.61 Å². The van der Waals surface area contributed by atoms with E-state index in [0.29, 0.717) is 37.2 Å². The highest BCUT2D eigenvalue weighted by Gasteiger charge is 2.07. The molecule has 0 aromatic heterocycles. The van der Waals surface area contributed by atoms with Crippen LogP contribution >= 0.6 is 15.9 Å². The SMILES string of the molecule is CCOC(=O)CCCNC(=O)c1ccc(Br)c(N)c1. The minimum Gasteiger partial charge on any atom is -0.466 e. The Bertz CT molecular complexity index is 463. The lowest BCUT2D eigenvalue weighted by Gasteiger charge is -2.06. The van der Waals surface area contributed by atoms with E-state index in [1.54, 1.807) is 25.1 Å². The fourth-order valence-electron chi connectivity index (χ4n) is 1.45. The Morgan fingerprint density at radius 2 is 2.16 bits per heavy atom. The number of hydrogen-bond donors (Lipinski definition) is 2. The topological polar surface area (TPSA) is 81.4 Å². The molecule has 1 rings (SSSR count). The first-order valence-electron chi connectivity index (χ1n) is 6.03. The van der Waals surface area contributed by atoms with Gasteiger partial charge in [0.1, 0.15) is 0 Å². The molecule has 19 heavy (non-hydrogen) atoms. The van der Waals surface area contributed by atoms with Crippen LogP contribution in [-0.2, 0) is 9.53 Å². The molecule has 0 bridgehead atoms. The molecule has 0 saturated heterocycles. The number of carbonyl (C=O) groups is 2. The van der Waals surface area contributed by atoms with E-state index in [2.05, 4.69) is 21.2 Å². The van der Waals surface area contributed by atoms with Crippen molar-refractivity contribution in [2.75, 3.05) is 18.9 Å². The van der Waals surface area contributed by atoms with Crippen molar-refractivity contribution in [2.24, 2.45) is 0 Å². The number of ether oxygens (including phenoxy) is 1. The molecular formula is C13H17BrN2O3. The molecule has 0 spiro atoms. The third-order valence-electron chi connectivity index (χ3n) is 2.41. The quantitative estimate of drug-likeness (QED) is 0.476. The van der Waals surface area contributed by atoms with Crippen molar-refractivity contribution < 1.29 is 14.3 Å². The lowest BCUT2D eigenvalue weighted by Crippen LogP contribution is -2.25. The second kappa shape index (κ2) is 7.78. The third kappa shape index (κ3) is 5.30. The first kappa shape index (κ1) is 15.5. The zero-order valence-electron chi connectivity index (χ0n) is 10.7. The van der Waals surface area contributed by atoms with Gasteiger partial charge in [-0.05, 0) is 47.5 Å². The van der Waals surface area contributed by atoms with Crippen molar-refractivity contribution in [2.45, 2.75) is 19.8 Å². The highest BCUT2D eigenvalue weighted by molar-refractivity contribution is 9.10. The molecule has 0 aliphatic heterocycles. The van der Waals surface area contributed by atoms with Crippen LogP contribution in [0.25, 0.3) is 0 Å². The minimum atomic E-state index is -0.246. The molecule has 6 heteroatoms. The number of halogens is 1. The Kier molecular flexibility index (Phi) is 6.35. The van der Waals surface area contributed by atoms with Gasteiger partial charge < -0.3 is 15.8 Å². The molecule has 0 aliphatic rings. The van der Waals surface area contributed by atoms with Gasteiger partial charge in [-0.15, -0.1) is 0 Å². The van der Waals surface area contributed by atoms with E-state index in [0.717, 1.165) is 4.47 Å². The number of amides is 1. The number of rotatable bonds is 6. The van der Waals surface area contributed by atoms with Gasteiger partial charge in [0.15, 0.2) is 0 Å². The van der Waals surface area contributed by atoms with E-state index in [9.17, 15) is 9.59 Å². The standard InChI is InChI=1S/C13H17BrN2O3/c1-2-19-12(17)4-3-7-16-13(18)9-5-6-10(14)11(15)8-9/h5-6,8H,2-4,7,15H2,1H3,(H,16,18).